The van der Waals surface area contributed by atoms with Crippen molar-refractivity contribution >= 4 is 0 Å². The first kappa shape index (κ1) is 12.5. The summed E-state index contributed by atoms with van der Waals surface area (Å²) in [5.74, 6) is 0. The van der Waals surface area contributed by atoms with E-state index in [4.69, 9.17) is 0 Å². The fraction of sp³-hybridized carbons (Fsp3) is 0.714. The topological polar surface area (TPSA) is 12.0 Å². The van der Waals surface area contributed by atoms with Crippen molar-refractivity contribution in [3.63, 3.8) is 0 Å². The van der Waals surface area contributed by atoms with Crippen molar-refractivity contribution in [1.82, 2.24) is 5.32 Å². The summed E-state index contributed by atoms with van der Waals surface area (Å²) < 4.78 is 0. The number of rotatable bonds is 3. The molecule has 0 saturated carbocycles. The average Bonchev–Trinajstić information content (AvgIpc) is 2.52. The molecular weight excluding hydrogens is 182 g/mol. The van der Waals surface area contributed by atoms with E-state index in [0.29, 0.717) is 5.41 Å². The monoisotopic (exact) mass is 207 g/mol. The van der Waals surface area contributed by atoms with Crippen LogP contribution in [0, 0.1) is 5.41 Å². The lowest BCUT2D eigenvalue weighted by molar-refractivity contribution is 0.319. The third kappa shape index (κ3) is 2.94. The highest BCUT2D eigenvalue weighted by Gasteiger charge is 2.31. The Kier molecular flexibility index (Phi) is 5.10. The Morgan fingerprint density at radius 1 is 1.33 bits per heavy atom. The largest absolute Gasteiger partial charge is 0.316 e. The van der Waals surface area contributed by atoms with Gasteiger partial charge in [0.05, 0.1) is 0 Å². The minimum atomic E-state index is 0.387. The van der Waals surface area contributed by atoms with E-state index in [1.165, 1.54) is 37.8 Å². The third-order valence-electron chi connectivity index (χ3n) is 3.67. The Morgan fingerprint density at radius 3 is 2.73 bits per heavy atom. The smallest absolute Gasteiger partial charge is 0.00718 e. The van der Waals surface area contributed by atoms with Crippen molar-refractivity contribution < 1.29 is 0 Å². The van der Waals surface area contributed by atoms with Crippen molar-refractivity contribution in [3.05, 3.63) is 23.8 Å². The molecule has 1 heterocycles. The molecule has 1 unspecified atom stereocenters. The van der Waals surface area contributed by atoms with Crippen LogP contribution in [0.1, 0.15) is 46.5 Å². The highest BCUT2D eigenvalue weighted by molar-refractivity contribution is 5.27. The highest BCUT2D eigenvalue weighted by atomic mass is 14.9. The summed E-state index contributed by atoms with van der Waals surface area (Å²) in [6.07, 6.45) is 12.0. The molecule has 1 fully saturated rings. The molecule has 15 heavy (non-hydrogen) atoms. The molecule has 0 radical (unpaired) electrons. The first-order valence-electron chi connectivity index (χ1n) is 6.29. The van der Waals surface area contributed by atoms with E-state index in [9.17, 15) is 0 Å². The highest BCUT2D eigenvalue weighted by Crippen LogP contribution is 2.38. The second-order valence-corrected chi connectivity index (χ2v) is 4.51. The van der Waals surface area contributed by atoms with Crippen LogP contribution in [0.3, 0.4) is 0 Å². The maximum Gasteiger partial charge on any atom is 0.00718 e. The second kappa shape index (κ2) is 6.12. The zero-order chi connectivity index (χ0) is 11.1. The summed E-state index contributed by atoms with van der Waals surface area (Å²) in [6, 6.07) is 0. The van der Waals surface area contributed by atoms with Crippen LogP contribution in [0.2, 0.25) is 0 Å². The van der Waals surface area contributed by atoms with Crippen molar-refractivity contribution in [2.24, 2.45) is 5.41 Å². The molecule has 0 aliphatic carbocycles. The number of hydrogen-bond donors (Lipinski definition) is 1. The zero-order valence-electron chi connectivity index (χ0n) is 10.5. The van der Waals surface area contributed by atoms with Gasteiger partial charge >= 0.3 is 0 Å². The maximum absolute atomic E-state index is 3.59. The summed E-state index contributed by atoms with van der Waals surface area (Å²) in [5, 5.41) is 3.59. The van der Waals surface area contributed by atoms with Crippen molar-refractivity contribution in [3.8, 4) is 0 Å². The van der Waals surface area contributed by atoms with E-state index >= 15 is 0 Å². The summed E-state index contributed by atoms with van der Waals surface area (Å²) in [5.41, 5.74) is 1.90. The first-order chi connectivity index (χ1) is 7.29. The molecule has 0 bridgehead atoms. The molecular formula is C14H25N. The van der Waals surface area contributed by atoms with Crippen LogP contribution in [0.15, 0.2) is 23.8 Å². The summed E-state index contributed by atoms with van der Waals surface area (Å²) in [7, 11) is 0. The van der Waals surface area contributed by atoms with Gasteiger partial charge in [-0.15, -0.1) is 0 Å². The van der Waals surface area contributed by atoms with Crippen LogP contribution in [0.4, 0.5) is 0 Å². The van der Waals surface area contributed by atoms with E-state index < -0.39 is 0 Å². The lowest BCUT2D eigenvalue weighted by atomic mass is 9.74. The molecule has 0 spiro atoms. The van der Waals surface area contributed by atoms with Gasteiger partial charge in [-0.3, -0.25) is 0 Å². The molecule has 1 nitrogen and oxygen atoms in total. The zero-order valence-corrected chi connectivity index (χ0v) is 10.5. The third-order valence-corrected chi connectivity index (χ3v) is 3.67. The van der Waals surface area contributed by atoms with Crippen molar-refractivity contribution in [2.45, 2.75) is 46.5 Å². The predicted octanol–water partition coefficient (Wildman–Crippen LogP) is 3.68. The Morgan fingerprint density at radius 2 is 2.13 bits per heavy atom. The van der Waals surface area contributed by atoms with Crippen LogP contribution < -0.4 is 5.32 Å². The van der Waals surface area contributed by atoms with E-state index in [-0.39, 0.29) is 0 Å². The minimum absolute atomic E-state index is 0.387. The van der Waals surface area contributed by atoms with Gasteiger partial charge < -0.3 is 5.32 Å². The lowest BCUT2D eigenvalue weighted by Crippen LogP contribution is -2.33. The van der Waals surface area contributed by atoms with Crippen LogP contribution >= 0.6 is 0 Å². The van der Waals surface area contributed by atoms with Gasteiger partial charge in [0.15, 0.2) is 0 Å². The summed E-state index contributed by atoms with van der Waals surface area (Å²) >= 11 is 0. The van der Waals surface area contributed by atoms with E-state index in [2.05, 4.69) is 44.3 Å². The fourth-order valence-electron chi connectivity index (χ4n) is 2.64. The standard InChI is InChI=1S/C14H25N/c1-4-9-13(5-2)14(6-3)10-7-8-11-15-12-14/h4-5,9,15H,6-8,10-12H2,1-3H3/b9-4-,13-5+. The summed E-state index contributed by atoms with van der Waals surface area (Å²) in [4.78, 5) is 0. The van der Waals surface area contributed by atoms with Gasteiger partial charge in [0.25, 0.3) is 0 Å². The Bertz CT molecular complexity index is 230. The SMILES string of the molecule is C/C=C\C(=C/C)C1(CC)CCCCNC1. The predicted molar refractivity (Wildman–Crippen MR) is 68.0 cm³/mol. The fourth-order valence-corrected chi connectivity index (χ4v) is 2.64. The number of hydrogen-bond acceptors (Lipinski definition) is 1. The normalized spacial score (nSPS) is 29.4. The Labute approximate surface area is 94.6 Å². The van der Waals surface area contributed by atoms with Crippen LogP contribution in [-0.2, 0) is 0 Å². The van der Waals surface area contributed by atoms with Gasteiger partial charge in [-0.25, -0.2) is 0 Å². The number of nitrogens with one attached hydrogen (secondary N) is 1. The molecule has 1 atom stereocenters. The average molecular weight is 207 g/mol. The van der Waals surface area contributed by atoms with Gasteiger partial charge in [0.1, 0.15) is 0 Å². The molecule has 0 amide bonds. The molecule has 0 aromatic carbocycles. The molecule has 0 aromatic heterocycles. The molecule has 1 rings (SSSR count). The quantitative estimate of drug-likeness (QED) is 0.696. The van der Waals surface area contributed by atoms with E-state index in [1.54, 1.807) is 0 Å². The molecule has 86 valence electrons. The Hall–Kier alpha value is -0.560. The second-order valence-electron chi connectivity index (χ2n) is 4.51. The van der Waals surface area contributed by atoms with Crippen LogP contribution in [0.25, 0.3) is 0 Å². The van der Waals surface area contributed by atoms with Crippen molar-refractivity contribution in [1.29, 1.82) is 0 Å². The van der Waals surface area contributed by atoms with Gasteiger partial charge in [-0.1, -0.05) is 31.6 Å². The molecule has 1 aliphatic rings. The molecule has 1 saturated heterocycles. The van der Waals surface area contributed by atoms with Crippen molar-refractivity contribution in [2.75, 3.05) is 13.1 Å². The molecule has 1 aliphatic heterocycles. The van der Waals surface area contributed by atoms with Gasteiger partial charge in [0.2, 0.25) is 0 Å². The number of allylic oxidation sites excluding steroid dienone is 3. The van der Waals surface area contributed by atoms with Gasteiger partial charge in [-0.05, 0) is 45.2 Å². The van der Waals surface area contributed by atoms with Gasteiger partial charge in [0, 0.05) is 12.0 Å². The molecule has 1 heteroatoms. The Balaban J connectivity index is 2.89. The lowest BCUT2D eigenvalue weighted by Gasteiger charge is -2.33. The maximum atomic E-state index is 3.59. The van der Waals surface area contributed by atoms with E-state index in [1.807, 2.05) is 0 Å². The summed E-state index contributed by atoms with van der Waals surface area (Å²) in [6.45, 7) is 8.93. The minimum Gasteiger partial charge on any atom is -0.316 e. The molecule has 0 aromatic rings. The van der Waals surface area contributed by atoms with E-state index in [0.717, 1.165) is 6.54 Å². The van der Waals surface area contributed by atoms with Crippen LogP contribution in [-0.4, -0.2) is 13.1 Å². The van der Waals surface area contributed by atoms with Gasteiger partial charge in [-0.2, -0.15) is 0 Å². The molecule has 1 N–H and O–H groups in total. The first-order valence-corrected chi connectivity index (χ1v) is 6.29. The van der Waals surface area contributed by atoms with Crippen LogP contribution in [0.5, 0.6) is 0 Å².